The van der Waals surface area contributed by atoms with Crippen molar-refractivity contribution in [1.82, 2.24) is 10.5 Å². The number of fused-ring (bicyclic) bond motifs is 1. The number of aryl methyl sites for hydroxylation is 4. The van der Waals surface area contributed by atoms with Gasteiger partial charge in [0.25, 0.3) is 0 Å². The minimum absolute atomic E-state index is 0. The van der Waals surface area contributed by atoms with Crippen molar-refractivity contribution in [2.24, 2.45) is 0 Å². The molecule has 0 aliphatic carbocycles. The second-order valence-electron chi connectivity index (χ2n) is 9.46. The third-order valence-electron chi connectivity index (χ3n) is 6.60. The highest BCUT2D eigenvalue weighted by Gasteiger charge is 2.23. The monoisotopic (exact) mass is 494 g/mol. The number of nitrogens with zero attached hydrogens (tertiary/aromatic N) is 1. The number of nitrogens with one attached hydrogen (secondary N) is 1. The molecule has 0 bridgehead atoms. The first kappa shape index (κ1) is 24.3. The molecule has 0 aliphatic heterocycles. The fourth-order valence-electron chi connectivity index (χ4n) is 4.78. The first-order valence-corrected chi connectivity index (χ1v) is 12.2. The Hall–Kier alpha value is -4.45. The van der Waals surface area contributed by atoms with Crippen molar-refractivity contribution >= 4 is 22.7 Å². The minimum atomic E-state index is -0.272. The molecule has 5 aromatic rings. The first-order chi connectivity index (χ1) is 17.8. The number of amides is 1. The third kappa shape index (κ3) is 4.96. The fraction of sp³-hybridized carbons (Fsp3) is 0.194. The van der Waals surface area contributed by atoms with Gasteiger partial charge in [-0.2, -0.15) is 0 Å². The average molecular weight is 495 g/mol. The van der Waals surface area contributed by atoms with Gasteiger partial charge in [0, 0.05) is 6.81 Å². The van der Waals surface area contributed by atoms with Gasteiger partial charge >= 0.3 is 0 Å². The van der Waals surface area contributed by atoms with Crippen molar-refractivity contribution in [3.05, 3.63) is 123 Å². The van der Waals surface area contributed by atoms with Gasteiger partial charge in [0.05, 0.1) is 23.7 Å². The molecule has 188 valence electrons. The van der Waals surface area contributed by atoms with Gasteiger partial charge in [0.15, 0.2) is 5.76 Å². The Balaban J connectivity index is 0.00000336. The highest BCUT2D eigenvalue weighted by Crippen LogP contribution is 2.27. The summed E-state index contributed by atoms with van der Waals surface area (Å²) in [5.41, 5.74) is 6.75. The van der Waals surface area contributed by atoms with Crippen LogP contribution in [0.3, 0.4) is 0 Å². The van der Waals surface area contributed by atoms with Crippen LogP contribution in [0.15, 0.2) is 81.7 Å². The Kier molecular flexibility index (Phi) is 6.49. The van der Waals surface area contributed by atoms with Crippen molar-refractivity contribution in [2.75, 3.05) is 0 Å². The molecule has 1 unspecified atom stereocenters. The molecule has 2 aromatic heterocycles. The largest absolute Gasteiger partial charge is 0.453 e. The Morgan fingerprint density at radius 2 is 1.73 bits per heavy atom. The predicted molar refractivity (Wildman–Crippen MR) is 144 cm³/mol. The number of carbonyl (C=O) groups is 2. The molecule has 3 aromatic carbocycles. The second-order valence-corrected chi connectivity index (χ2v) is 9.46. The highest BCUT2D eigenvalue weighted by molar-refractivity contribution is 6.10. The number of aromatic nitrogens is 1. The molecule has 1 N–H and O–H groups in total. The lowest BCUT2D eigenvalue weighted by atomic mass is 9.93. The molecule has 0 spiro atoms. The molecule has 0 saturated carbocycles. The number of rotatable bonds is 7. The van der Waals surface area contributed by atoms with Crippen LogP contribution >= 0.6 is 0 Å². The van der Waals surface area contributed by atoms with Crippen LogP contribution in [0.1, 0.15) is 62.9 Å². The maximum Gasteiger partial charge on any atom is 0.233 e. The number of ketones is 1. The number of hydrogen-bond acceptors (Lipinski definition) is 5. The average Bonchev–Trinajstić information content (AvgIpc) is 3.45. The van der Waals surface area contributed by atoms with Gasteiger partial charge in [0.1, 0.15) is 11.3 Å². The molecule has 1 amide bonds. The topological polar surface area (TPSA) is 85.3 Å². The van der Waals surface area contributed by atoms with E-state index in [0.717, 1.165) is 27.6 Å². The first-order valence-electron chi connectivity index (χ1n) is 12.2. The Morgan fingerprint density at radius 3 is 2.43 bits per heavy atom. The smallest absolute Gasteiger partial charge is 0.233 e. The van der Waals surface area contributed by atoms with Crippen LogP contribution in [0, 0.1) is 27.7 Å². The molecule has 2 heterocycles. The summed E-state index contributed by atoms with van der Waals surface area (Å²) in [4.78, 5) is 26.2. The van der Waals surface area contributed by atoms with Crippen molar-refractivity contribution in [1.29, 1.82) is 0 Å². The van der Waals surface area contributed by atoms with Crippen LogP contribution in [0.5, 0.6) is 0 Å². The van der Waals surface area contributed by atoms with Crippen LogP contribution in [0.25, 0.3) is 11.0 Å². The summed E-state index contributed by atoms with van der Waals surface area (Å²) in [6, 6.07) is 23.2. The summed E-state index contributed by atoms with van der Waals surface area (Å²) < 4.78 is 10.9. The quantitative estimate of drug-likeness (QED) is 0.258. The Labute approximate surface area is 216 Å². The summed E-state index contributed by atoms with van der Waals surface area (Å²) in [5.74, 6) is 0.302. The number of carbonyl (C=O) groups excluding carboxylic acids is 2. The summed E-state index contributed by atoms with van der Waals surface area (Å²) in [6.07, 6.45) is 0.197. The summed E-state index contributed by atoms with van der Waals surface area (Å²) in [6.45, 7) is 7.56. The van der Waals surface area contributed by atoms with E-state index in [1.54, 1.807) is 26.0 Å². The lowest BCUT2D eigenvalue weighted by Crippen LogP contribution is -2.31. The second kappa shape index (κ2) is 9.90. The van der Waals surface area contributed by atoms with E-state index in [9.17, 15) is 9.59 Å². The zero-order valence-corrected chi connectivity index (χ0v) is 21.3. The molecule has 0 fully saturated rings. The van der Waals surface area contributed by atoms with E-state index < -0.39 is 0 Å². The van der Waals surface area contributed by atoms with Gasteiger partial charge in [-0.25, -0.2) is 0 Å². The van der Waals surface area contributed by atoms with Gasteiger partial charge in [0.2, 0.25) is 11.7 Å². The van der Waals surface area contributed by atoms with Gasteiger partial charge in [-0.05, 0) is 68.1 Å². The number of benzene rings is 3. The van der Waals surface area contributed by atoms with E-state index in [1.807, 2.05) is 42.5 Å². The standard InChI is InChI=1S/C31H28N2O4.H2/c1-18-10-12-25(19(2)14-18)30(23-8-6-5-7-9-23)32-28(34)16-22-11-13-26-24(15-22)17-27(36-26)31(35)29-20(3)33-37-21(29)4;/h5-15,17,30H,16H2,1-4H3,(H,32,34);1H. The lowest BCUT2D eigenvalue weighted by molar-refractivity contribution is -0.120. The van der Waals surface area contributed by atoms with Crippen molar-refractivity contribution < 1.29 is 20.0 Å². The van der Waals surface area contributed by atoms with Crippen molar-refractivity contribution in [2.45, 2.75) is 40.2 Å². The number of furan rings is 1. The molecule has 0 aliphatic rings. The van der Waals surface area contributed by atoms with Crippen LogP contribution in [0.2, 0.25) is 0 Å². The summed E-state index contributed by atoms with van der Waals surface area (Å²) in [7, 11) is 0. The molecule has 0 saturated heterocycles. The van der Waals surface area contributed by atoms with E-state index in [1.165, 1.54) is 5.56 Å². The zero-order chi connectivity index (χ0) is 26.1. The SMILES string of the molecule is Cc1ccc(C(NC(=O)Cc2ccc3oc(C(=O)c4c(C)noc4C)cc3c2)c2ccccc2)c(C)c1.[HH]. The van der Waals surface area contributed by atoms with Crippen LogP contribution in [0.4, 0.5) is 0 Å². The zero-order valence-electron chi connectivity index (χ0n) is 21.3. The van der Waals surface area contributed by atoms with Crippen LogP contribution in [-0.4, -0.2) is 16.8 Å². The molecule has 0 radical (unpaired) electrons. The van der Waals surface area contributed by atoms with E-state index in [0.29, 0.717) is 22.6 Å². The predicted octanol–water partition coefficient (Wildman–Crippen LogP) is 6.58. The third-order valence-corrected chi connectivity index (χ3v) is 6.60. The van der Waals surface area contributed by atoms with Gasteiger partial charge < -0.3 is 14.3 Å². The minimum Gasteiger partial charge on any atom is -0.453 e. The Morgan fingerprint density at radius 1 is 0.946 bits per heavy atom. The number of hydrogen-bond donors (Lipinski definition) is 1. The molecule has 6 heteroatoms. The van der Waals surface area contributed by atoms with E-state index in [2.05, 4.69) is 42.5 Å². The normalized spacial score (nSPS) is 12.0. The van der Waals surface area contributed by atoms with E-state index >= 15 is 0 Å². The maximum absolute atomic E-state index is 13.2. The van der Waals surface area contributed by atoms with Gasteiger partial charge in [-0.1, -0.05) is 65.3 Å². The van der Waals surface area contributed by atoms with Crippen molar-refractivity contribution in [3.8, 4) is 0 Å². The molecule has 5 rings (SSSR count). The maximum atomic E-state index is 13.2. The molecule has 6 nitrogen and oxygen atoms in total. The highest BCUT2D eigenvalue weighted by atomic mass is 16.5. The molecule has 1 atom stereocenters. The van der Waals surface area contributed by atoms with E-state index in [-0.39, 0.29) is 31.3 Å². The van der Waals surface area contributed by atoms with Crippen molar-refractivity contribution in [3.63, 3.8) is 0 Å². The molecular formula is C31H30N2O4. The van der Waals surface area contributed by atoms with E-state index in [4.69, 9.17) is 8.94 Å². The van der Waals surface area contributed by atoms with Gasteiger partial charge in [-0.3, -0.25) is 9.59 Å². The van der Waals surface area contributed by atoms with Gasteiger partial charge in [-0.15, -0.1) is 0 Å². The fourth-order valence-corrected chi connectivity index (χ4v) is 4.78. The van der Waals surface area contributed by atoms with Crippen LogP contribution in [-0.2, 0) is 11.2 Å². The summed E-state index contributed by atoms with van der Waals surface area (Å²) in [5, 5.41) is 7.84. The molecular weight excluding hydrogens is 464 g/mol. The van der Waals surface area contributed by atoms with Crippen LogP contribution < -0.4 is 5.32 Å². The summed E-state index contributed by atoms with van der Waals surface area (Å²) >= 11 is 0. The Bertz CT molecular complexity index is 1600. The lowest BCUT2D eigenvalue weighted by Gasteiger charge is -2.22. The molecule has 37 heavy (non-hydrogen) atoms.